The molecule has 0 radical (unpaired) electrons. The minimum atomic E-state index is -0.584. The van der Waals surface area contributed by atoms with Crippen LogP contribution < -0.4 is 0 Å². The van der Waals surface area contributed by atoms with Gasteiger partial charge in [-0.05, 0) is 39.0 Å². The van der Waals surface area contributed by atoms with Crippen molar-refractivity contribution in [1.82, 2.24) is 19.6 Å². The number of carbonyl (C=O) groups is 1. The summed E-state index contributed by atoms with van der Waals surface area (Å²) in [6.45, 7) is 5.49. The third kappa shape index (κ3) is 3.14. The minimum absolute atomic E-state index is 0.500. The first-order valence-electron chi connectivity index (χ1n) is 7.15. The maximum absolute atomic E-state index is 12.5. The Kier molecular flexibility index (Phi) is 3.75. The lowest BCUT2D eigenvalue weighted by Gasteiger charge is -2.19. The Labute approximate surface area is 142 Å². The Hall–Kier alpha value is -2.15. The Bertz CT molecular complexity index is 889. The molecule has 0 bridgehead atoms. The Morgan fingerprint density at radius 1 is 1.30 bits per heavy atom. The number of ether oxygens (including phenoxy) is 1. The number of aromatic nitrogens is 4. The lowest BCUT2D eigenvalue weighted by Crippen LogP contribution is -2.27. The zero-order valence-corrected chi connectivity index (χ0v) is 15.0. The van der Waals surface area contributed by atoms with Gasteiger partial charge in [-0.2, -0.15) is 14.9 Å². The van der Waals surface area contributed by atoms with Crippen LogP contribution in [0.15, 0.2) is 35.1 Å². The topological polar surface area (TPSA) is 61.9 Å². The average molecular weight is 377 g/mol. The van der Waals surface area contributed by atoms with Crippen molar-refractivity contribution >= 4 is 32.9 Å². The van der Waals surface area contributed by atoms with Crippen molar-refractivity contribution in [2.24, 2.45) is 7.05 Å². The largest absolute Gasteiger partial charge is 0.442 e. The Morgan fingerprint density at radius 2 is 2.04 bits per heavy atom. The van der Waals surface area contributed by atoms with Crippen LogP contribution in [0, 0.1) is 0 Å². The predicted octanol–water partition coefficient (Wildman–Crippen LogP) is 3.98. The van der Waals surface area contributed by atoms with Crippen LogP contribution in [0.3, 0.4) is 0 Å². The van der Waals surface area contributed by atoms with Crippen LogP contribution in [0.2, 0.25) is 0 Å². The van der Waals surface area contributed by atoms with E-state index in [0.717, 1.165) is 15.4 Å². The maximum Gasteiger partial charge on any atom is 0.435 e. The molecule has 0 aliphatic rings. The van der Waals surface area contributed by atoms with Gasteiger partial charge in [-0.1, -0.05) is 15.9 Å². The Morgan fingerprint density at radius 3 is 2.65 bits per heavy atom. The van der Waals surface area contributed by atoms with Crippen LogP contribution in [0.5, 0.6) is 0 Å². The van der Waals surface area contributed by atoms with Crippen molar-refractivity contribution in [2.75, 3.05) is 0 Å². The molecule has 0 aliphatic heterocycles. The van der Waals surface area contributed by atoms with Gasteiger partial charge in [0.1, 0.15) is 11.3 Å². The molecule has 0 spiro atoms. The molecular formula is C16H17BrN4O2. The number of benzene rings is 1. The minimum Gasteiger partial charge on any atom is -0.442 e. The van der Waals surface area contributed by atoms with Gasteiger partial charge in [-0.3, -0.25) is 4.68 Å². The van der Waals surface area contributed by atoms with Gasteiger partial charge in [-0.15, -0.1) is 0 Å². The van der Waals surface area contributed by atoms with Crippen molar-refractivity contribution in [1.29, 1.82) is 0 Å². The van der Waals surface area contributed by atoms with Crippen molar-refractivity contribution in [3.05, 3.63) is 35.1 Å². The van der Waals surface area contributed by atoms with E-state index in [4.69, 9.17) is 4.74 Å². The third-order valence-corrected chi connectivity index (χ3v) is 3.68. The van der Waals surface area contributed by atoms with Crippen molar-refractivity contribution in [3.63, 3.8) is 0 Å². The van der Waals surface area contributed by atoms with Crippen LogP contribution in [0.4, 0.5) is 4.79 Å². The molecule has 3 rings (SSSR count). The van der Waals surface area contributed by atoms with Gasteiger partial charge in [0.25, 0.3) is 0 Å². The molecule has 120 valence electrons. The SMILES string of the molecule is Cn1cc(-c2nn(C(=O)OC(C)(C)C)c3ccc(Br)cc23)cn1. The van der Waals surface area contributed by atoms with E-state index < -0.39 is 11.7 Å². The normalized spacial score (nSPS) is 11.9. The van der Waals surface area contributed by atoms with Crippen LogP contribution in [-0.2, 0) is 11.8 Å². The molecule has 0 aliphatic carbocycles. The van der Waals surface area contributed by atoms with Gasteiger partial charge in [0.2, 0.25) is 0 Å². The molecule has 0 N–H and O–H groups in total. The number of carbonyl (C=O) groups excluding carboxylic acids is 1. The second kappa shape index (κ2) is 5.49. The van der Waals surface area contributed by atoms with E-state index in [-0.39, 0.29) is 0 Å². The van der Waals surface area contributed by atoms with E-state index in [1.165, 1.54) is 4.68 Å². The van der Waals surface area contributed by atoms with Crippen molar-refractivity contribution < 1.29 is 9.53 Å². The highest BCUT2D eigenvalue weighted by atomic mass is 79.9. The number of fused-ring (bicyclic) bond motifs is 1. The molecule has 6 nitrogen and oxygen atoms in total. The fourth-order valence-electron chi connectivity index (χ4n) is 2.29. The lowest BCUT2D eigenvalue weighted by molar-refractivity contribution is 0.0523. The molecule has 0 amide bonds. The predicted molar refractivity (Wildman–Crippen MR) is 91.3 cm³/mol. The number of aryl methyl sites for hydroxylation is 1. The molecule has 0 saturated carbocycles. The summed E-state index contributed by atoms with van der Waals surface area (Å²) in [5, 5.41) is 9.50. The van der Waals surface area contributed by atoms with Crippen molar-refractivity contribution in [3.8, 4) is 11.3 Å². The van der Waals surface area contributed by atoms with E-state index in [0.29, 0.717) is 11.2 Å². The van der Waals surface area contributed by atoms with E-state index in [1.54, 1.807) is 10.9 Å². The summed E-state index contributed by atoms with van der Waals surface area (Å²) < 4.78 is 9.36. The zero-order chi connectivity index (χ0) is 16.8. The maximum atomic E-state index is 12.5. The van der Waals surface area contributed by atoms with Gasteiger partial charge >= 0.3 is 6.09 Å². The summed E-state index contributed by atoms with van der Waals surface area (Å²) in [6, 6.07) is 5.65. The monoisotopic (exact) mass is 376 g/mol. The standard InChI is InChI=1S/C16H17BrN4O2/c1-16(2,3)23-15(22)21-13-6-5-11(17)7-12(13)14(19-21)10-8-18-20(4)9-10/h5-9H,1-4H3. The lowest BCUT2D eigenvalue weighted by atomic mass is 10.1. The third-order valence-electron chi connectivity index (χ3n) is 3.19. The zero-order valence-electron chi connectivity index (χ0n) is 13.4. The van der Waals surface area contributed by atoms with Crippen LogP contribution >= 0.6 is 15.9 Å². The number of nitrogens with zero attached hydrogens (tertiary/aromatic N) is 4. The van der Waals surface area contributed by atoms with Gasteiger partial charge in [0.15, 0.2) is 0 Å². The quantitative estimate of drug-likeness (QED) is 0.644. The molecular weight excluding hydrogens is 360 g/mol. The van der Waals surface area contributed by atoms with Gasteiger partial charge < -0.3 is 4.74 Å². The molecule has 23 heavy (non-hydrogen) atoms. The molecule has 7 heteroatoms. The first kappa shape index (κ1) is 15.7. The van der Waals surface area contributed by atoms with Gasteiger partial charge in [-0.25, -0.2) is 4.79 Å². The van der Waals surface area contributed by atoms with Crippen LogP contribution in [-0.4, -0.2) is 31.3 Å². The molecule has 0 saturated heterocycles. The molecule has 2 heterocycles. The van der Waals surface area contributed by atoms with Gasteiger partial charge in [0, 0.05) is 28.7 Å². The number of hydrogen-bond acceptors (Lipinski definition) is 4. The van der Waals surface area contributed by atoms with Crippen LogP contribution in [0.1, 0.15) is 20.8 Å². The highest BCUT2D eigenvalue weighted by molar-refractivity contribution is 9.10. The fraction of sp³-hybridized carbons (Fsp3) is 0.312. The smallest absolute Gasteiger partial charge is 0.435 e. The van der Waals surface area contributed by atoms with Crippen molar-refractivity contribution in [2.45, 2.75) is 26.4 Å². The highest BCUT2D eigenvalue weighted by Crippen LogP contribution is 2.30. The highest BCUT2D eigenvalue weighted by Gasteiger charge is 2.23. The molecule has 0 fully saturated rings. The van der Waals surface area contributed by atoms with E-state index in [9.17, 15) is 4.79 Å². The Balaban J connectivity index is 2.18. The number of rotatable bonds is 1. The molecule has 3 aromatic rings. The first-order chi connectivity index (χ1) is 10.7. The summed E-state index contributed by atoms with van der Waals surface area (Å²) >= 11 is 3.47. The molecule has 2 aromatic heterocycles. The summed E-state index contributed by atoms with van der Waals surface area (Å²) in [5.74, 6) is 0. The van der Waals surface area contributed by atoms with E-state index >= 15 is 0 Å². The van der Waals surface area contributed by atoms with Crippen LogP contribution in [0.25, 0.3) is 22.2 Å². The number of halogens is 1. The summed E-state index contributed by atoms with van der Waals surface area (Å²) in [7, 11) is 1.84. The number of hydrogen-bond donors (Lipinski definition) is 0. The van der Waals surface area contributed by atoms with E-state index in [2.05, 4.69) is 26.1 Å². The second-order valence-corrected chi connectivity index (χ2v) is 7.22. The average Bonchev–Trinajstić information content (AvgIpc) is 3.00. The summed E-state index contributed by atoms with van der Waals surface area (Å²) in [6.07, 6.45) is 3.09. The first-order valence-corrected chi connectivity index (χ1v) is 7.94. The summed E-state index contributed by atoms with van der Waals surface area (Å²) in [5.41, 5.74) is 1.65. The fourth-order valence-corrected chi connectivity index (χ4v) is 2.65. The van der Waals surface area contributed by atoms with E-state index in [1.807, 2.05) is 52.2 Å². The molecule has 1 aromatic carbocycles. The second-order valence-electron chi connectivity index (χ2n) is 6.30. The summed E-state index contributed by atoms with van der Waals surface area (Å²) in [4.78, 5) is 12.5. The van der Waals surface area contributed by atoms with Gasteiger partial charge in [0.05, 0.1) is 11.7 Å². The molecule has 0 atom stereocenters. The molecule has 0 unspecified atom stereocenters.